The van der Waals surface area contributed by atoms with Crippen molar-refractivity contribution in [2.75, 3.05) is 13.2 Å². The van der Waals surface area contributed by atoms with Crippen LogP contribution in [0.25, 0.3) is 0 Å². The van der Waals surface area contributed by atoms with Crippen LogP contribution in [0.2, 0.25) is 10.0 Å². The van der Waals surface area contributed by atoms with Crippen LogP contribution in [0.15, 0.2) is 12.1 Å². The summed E-state index contributed by atoms with van der Waals surface area (Å²) in [6.07, 6.45) is 1.05. The van der Waals surface area contributed by atoms with Gasteiger partial charge in [-0.15, -0.1) is 0 Å². The van der Waals surface area contributed by atoms with Gasteiger partial charge < -0.3 is 10.1 Å². The molecule has 0 radical (unpaired) electrons. The minimum atomic E-state index is -0.438. The molecule has 3 unspecified atom stereocenters. The van der Waals surface area contributed by atoms with E-state index in [9.17, 15) is 4.39 Å². The molecule has 0 aromatic heterocycles. The Bertz CT molecular complexity index is 449. The van der Waals surface area contributed by atoms with E-state index < -0.39 is 5.82 Å². The van der Waals surface area contributed by atoms with Gasteiger partial charge in [-0.3, -0.25) is 0 Å². The molecule has 1 heterocycles. The number of hydrogen-bond donors (Lipinski definition) is 1. The van der Waals surface area contributed by atoms with E-state index in [0.717, 1.165) is 19.6 Å². The van der Waals surface area contributed by atoms with Gasteiger partial charge in [0.25, 0.3) is 0 Å². The predicted octanol–water partition coefficient (Wildman–Crippen LogP) is 4.21. The monoisotopic (exact) mass is 305 g/mol. The number of nitrogens with one attached hydrogen (secondary N) is 1. The van der Waals surface area contributed by atoms with Gasteiger partial charge in [-0.05, 0) is 38.3 Å². The van der Waals surface area contributed by atoms with Crippen LogP contribution >= 0.6 is 23.2 Å². The summed E-state index contributed by atoms with van der Waals surface area (Å²) in [7, 11) is 0. The summed E-state index contributed by atoms with van der Waals surface area (Å²) >= 11 is 12.1. The number of benzene rings is 1. The maximum atomic E-state index is 13.5. The van der Waals surface area contributed by atoms with Crippen molar-refractivity contribution < 1.29 is 9.13 Å². The first-order valence-electron chi connectivity index (χ1n) is 6.48. The lowest BCUT2D eigenvalue weighted by atomic mass is 9.98. The molecule has 2 nitrogen and oxygen atoms in total. The molecule has 0 saturated carbocycles. The molecule has 1 fully saturated rings. The topological polar surface area (TPSA) is 21.3 Å². The highest BCUT2D eigenvalue weighted by Crippen LogP contribution is 2.33. The van der Waals surface area contributed by atoms with E-state index in [1.54, 1.807) is 6.07 Å². The summed E-state index contributed by atoms with van der Waals surface area (Å²) in [6.45, 7) is 5.63. The molecular formula is C14H18Cl2FNO. The second-order valence-corrected chi connectivity index (χ2v) is 5.84. The third-order valence-electron chi connectivity index (χ3n) is 3.70. The van der Waals surface area contributed by atoms with Crippen molar-refractivity contribution in [1.82, 2.24) is 5.32 Å². The maximum absolute atomic E-state index is 13.5. The van der Waals surface area contributed by atoms with Crippen LogP contribution < -0.4 is 5.32 Å². The Morgan fingerprint density at radius 2 is 2.11 bits per heavy atom. The SMILES string of the molecule is CC(NC(C)C1CCOC1)c1c(Cl)ccc(F)c1Cl. The van der Waals surface area contributed by atoms with Crippen LogP contribution in [0.4, 0.5) is 4.39 Å². The second-order valence-electron chi connectivity index (χ2n) is 5.06. The molecule has 2 rings (SSSR count). The Hall–Kier alpha value is -0.350. The molecule has 1 aliphatic rings. The number of rotatable bonds is 4. The van der Waals surface area contributed by atoms with E-state index in [-0.39, 0.29) is 17.1 Å². The highest BCUT2D eigenvalue weighted by atomic mass is 35.5. The average molecular weight is 306 g/mol. The molecule has 3 atom stereocenters. The Labute approximate surface area is 123 Å². The standard InChI is InChI=1S/C14H18Cl2FNO/c1-8(10-5-6-19-7-10)18-9(2)13-11(15)3-4-12(17)14(13)16/h3-4,8-10,18H,5-7H2,1-2H3. The van der Waals surface area contributed by atoms with E-state index in [1.807, 2.05) is 6.92 Å². The average Bonchev–Trinajstić information content (AvgIpc) is 2.88. The summed E-state index contributed by atoms with van der Waals surface area (Å²) in [5, 5.41) is 4.02. The third kappa shape index (κ3) is 3.40. The molecule has 1 saturated heterocycles. The van der Waals surface area contributed by atoms with Gasteiger partial charge in [-0.25, -0.2) is 4.39 Å². The highest BCUT2D eigenvalue weighted by molar-refractivity contribution is 6.36. The van der Waals surface area contributed by atoms with E-state index in [1.165, 1.54) is 6.07 Å². The summed E-state index contributed by atoms with van der Waals surface area (Å²) in [5.74, 6) is 0.0418. The van der Waals surface area contributed by atoms with Gasteiger partial charge >= 0.3 is 0 Å². The Kier molecular flexibility index (Phi) is 5.07. The smallest absolute Gasteiger partial charge is 0.142 e. The second kappa shape index (κ2) is 6.40. The van der Waals surface area contributed by atoms with E-state index in [0.29, 0.717) is 16.5 Å². The first kappa shape index (κ1) is 15.0. The molecular weight excluding hydrogens is 288 g/mol. The van der Waals surface area contributed by atoms with Crippen LogP contribution in [-0.2, 0) is 4.74 Å². The fourth-order valence-electron chi connectivity index (χ4n) is 2.50. The van der Waals surface area contributed by atoms with Crippen molar-refractivity contribution >= 4 is 23.2 Å². The largest absolute Gasteiger partial charge is 0.381 e. The van der Waals surface area contributed by atoms with Crippen LogP contribution in [0, 0.1) is 11.7 Å². The van der Waals surface area contributed by atoms with Gasteiger partial charge in [0.2, 0.25) is 0 Å². The third-order valence-corrected chi connectivity index (χ3v) is 4.41. The zero-order valence-electron chi connectivity index (χ0n) is 11.1. The number of ether oxygens (including phenoxy) is 1. The number of hydrogen-bond acceptors (Lipinski definition) is 2. The van der Waals surface area contributed by atoms with Crippen LogP contribution in [0.3, 0.4) is 0 Å². The molecule has 0 bridgehead atoms. The molecule has 0 amide bonds. The zero-order valence-corrected chi connectivity index (χ0v) is 12.6. The normalized spacial score (nSPS) is 22.5. The first-order chi connectivity index (χ1) is 9.00. The van der Waals surface area contributed by atoms with Crippen molar-refractivity contribution in [2.45, 2.75) is 32.4 Å². The van der Waals surface area contributed by atoms with Crippen molar-refractivity contribution in [3.8, 4) is 0 Å². The summed E-state index contributed by atoms with van der Waals surface area (Å²) < 4.78 is 18.9. The quantitative estimate of drug-likeness (QED) is 0.841. The van der Waals surface area contributed by atoms with Crippen LogP contribution in [0.1, 0.15) is 31.9 Å². The zero-order chi connectivity index (χ0) is 14.0. The molecule has 1 aromatic rings. The summed E-state index contributed by atoms with van der Waals surface area (Å²) in [4.78, 5) is 0. The van der Waals surface area contributed by atoms with Crippen LogP contribution in [-0.4, -0.2) is 19.3 Å². The van der Waals surface area contributed by atoms with Crippen molar-refractivity contribution in [2.24, 2.45) is 5.92 Å². The molecule has 5 heteroatoms. The van der Waals surface area contributed by atoms with Crippen molar-refractivity contribution in [3.63, 3.8) is 0 Å². The fourth-order valence-corrected chi connectivity index (χ4v) is 3.20. The molecule has 106 valence electrons. The lowest BCUT2D eigenvalue weighted by molar-refractivity contribution is 0.177. The lowest BCUT2D eigenvalue weighted by Gasteiger charge is -2.25. The highest BCUT2D eigenvalue weighted by Gasteiger charge is 2.25. The van der Waals surface area contributed by atoms with Gasteiger partial charge in [0.15, 0.2) is 0 Å². The Morgan fingerprint density at radius 1 is 1.37 bits per heavy atom. The lowest BCUT2D eigenvalue weighted by Crippen LogP contribution is -2.36. The predicted molar refractivity (Wildman–Crippen MR) is 76.4 cm³/mol. The molecule has 0 spiro atoms. The van der Waals surface area contributed by atoms with Gasteiger partial charge in [0, 0.05) is 29.3 Å². The minimum Gasteiger partial charge on any atom is -0.381 e. The van der Waals surface area contributed by atoms with Crippen LogP contribution in [0.5, 0.6) is 0 Å². The van der Waals surface area contributed by atoms with Gasteiger partial charge in [0.05, 0.1) is 11.6 Å². The molecule has 0 aliphatic carbocycles. The Balaban J connectivity index is 2.11. The van der Waals surface area contributed by atoms with E-state index in [2.05, 4.69) is 12.2 Å². The summed E-state index contributed by atoms with van der Waals surface area (Å²) in [6, 6.07) is 2.99. The molecule has 1 aliphatic heterocycles. The van der Waals surface area contributed by atoms with Gasteiger partial charge in [-0.2, -0.15) is 0 Å². The van der Waals surface area contributed by atoms with Gasteiger partial charge in [-0.1, -0.05) is 23.2 Å². The maximum Gasteiger partial charge on any atom is 0.142 e. The number of halogens is 3. The molecule has 1 aromatic carbocycles. The fraction of sp³-hybridized carbons (Fsp3) is 0.571. The minimum absolute atomic E-state index is 0.0994. The van der Waals surface area contributed by atoms with E-state index in [4.69, 9.17) is 27.9 Å². The van der Waals surface area contributed by atoms with Gasteiger partial charge in [0.1, 0.15) is 5.82 Å². The molecule has 19 heavy (non-hydrogen) atoms. The molecule has 1 N–H and O–H groups in total. The Morgan fingerprint density at radius 3 is 2.74 bits per heavy atom. The summed E-state index contributed by atoms with van der Waals surface area (Å²) in [5.41, 5.74) is 0.620. The first-order valence-corrected chi connectivity index (χ1v) is 7.23. The van der Waals surface area contributed by atoms with Crippen molar-refractivity contribution in [3.05, 3.63) is 33.6 Å². The van der Waals surface area contributed by atoms with Crippen molar-refractivity contribution in [1.29, 1.82) is 0 Å². The van der Waals surface area contributed by atoms with E-state index >= 15 is 0 Å².